The molecule has 3 heterocycles. The van der Waals surface area contributed by atoms with Crippen LogP contribution >= 0.6 is 27.7 Å². The first-order valence-corrected chi connectivity index (χ1v) is 9.43. The molecule has 0 saturated heterocycles. The van der Waals surface area contributed by atoms with Gasteiger partial charge in [-0.15, -0.1) is 11.8 Å². The lowest BCUT2D eigenvalue weighted by molar-refractivity contribution is -0.137. The van der Waals surface area contributed by atoms with Crippen molar-refractivity contribution in [1.29, 1.82) is 0 Å². The Kier molecular flexibility index (Phi) is 5.38. The van der Waals surface area contributed by atoms with E-state index in [0.717, 1.165) is 33.5 Å². The highest BCUT2D eigenvalue weighted by Crippen LogP contribution is 2.34. The molecule has 0 aliphatic carbocycles. The predicted octanol–water partition coefficient (Wildman–Crippen LogP) is 5.44. The fourth-order valence-corrected chi connectivity index (χ4v) is 3.75. The summed E-state index contributed by atoms with van der Waals surface area (Å²) < 4.78 is 41.4. The summed E-state index contributed by atoms with van der Waals surface area (Å²) in [4.78, 5) is 13.8. The Morgan fingerprint density at radius 3 is 2.62 bits per heavy atom. The lowest BCUT2D eigenvalue weighted by Crippen LogP contribution is -2.06. The van der Waals surface area contributed by atoms with Crippen molar-refractivity contribution in [2.75, 3.05) is 5.75 Å². The first-order valence-electron chi connectivity index (χ1n) is 7.65. The molecular formula is C17H14BrF3N4S. The smallest absolute Gasteiger partial charge is 0.325 e. The largest absolute Gasteiger partial charge is 0.416 e. The molecule has 0 bridgehead atoms. The number of pyridine rings is 2. The van der Waals surface area contributed by atoms with E-state index in [0.29, 0.717) is 17.2 Å². The zero-order valence-corrected chi connectivity index (χ0v) is 16.3. The number of imidazole rings is 1. The van der Waals surface area contributed by atoms with Crippen LogP contribution in [-0.4, -0.2) is 25.3 Å². The van der Waals surface area contributed by atoms with Gasteiger partial charge in [0, 0.05) is 28.8 Å². The SMILES string of the molecule is CCSc1cc(Br)cnc1-c1ncc(-c2cc(C(F)(F)F)ccn2)n1C. The summed E-state index contributed by atoms with van der Waals surface area (Å²) in [5.41, 5.74) is 0.640. The van der Waals surface area contributed by atoms with Crippen LogP contribution in [0.3, 0.4) is 0 Å². The molecule has 0 atom stereocenters. The zero-order chi connectivity index (χ0) is 18.9. The third-order valence-corrected chi connectivity index (χ3v) is 5.01. The molecule has 3 rings (SSSR count). The lowest BCUT2D eigenvalue weighted by atomic mass is 10.2. The quantitative estimate of drug-likeness (QED) is 0.504. The molecule has 0 spiro atoms. The van der Waals surface area contributed by atoms with Crippen molar-refractivity contribution in [2.24, 2.45) is 7.05 Å². The number of rotatable bonds is 4. The van der Waals surface area contributed by atoms with Gasteiger partial charge in [0.25, 0.3) is 0 Å². The number of halogens is 4. The van der Waals surface area contributed by atoms with Gasteiger partial charge in [0.05, 0.1) is 23.1 Å². The Hall–Kier alpha value is -1.87. The summed E-state index contributed by atoms with van der Waals surface area (Å²) in [6.07, 6.45) is -0.0771. The van der Waals surface area contributed by atoms with Gasteiger partial charge in [0.1, 0.15) is 5.69 Å². The third-order valence-electron chi connectivity index (χ3n) is 3.67. The van der Waals surface area contributed by atoms with Gasteiger partial charge < -0.3 is 4.57 Å². The molecule has 136 valence electrons. The summed E-state index contributed by atoms with van der Waals surface area (Å²) in [7, 11) is 1.74. The monoisotopic (exact) mass is 442 g/mol. The van der Waals surface area contributed by atoms with Crippen LogP contribution < -0.4 is 0 Å². The molecule has 3 aromatic rings. The van der Waals surface area contributed by atoms with E-state index in [-0.39, 0.29) is 5.69 Å². The number of thioether (sulfide) groups is 1. The van der Waals surface area contributed by atoms with Crippen molar-refractivity contribution in [3.63, 3.8) is 0 Å². The number of hydrogen-bond donors (Lipinski definition) is 0. The summed E-state index contributed by atoms with van der Waals surface area (Å²) in [6, 6.07) is 3.93. The van der Waals surface area contributed by atoms with E-state index in [1.165, 1.54) is 6.20 Å². The molecule has 4 nitrogen and oxygen atoms in total. The maximum atomic E-state index is 13.0. The highest BCUT2D eigenvalue weighted by atomic mass is 79.9. The van der Waals surface area contributed by atoms with Crippen molar-refractivity contribution in [3.05, 3.63) is 46.8 Å². The molecule has 0 saturated carbocycles. The minimum atomic E-state index is -4.42. The van der Waals surface area contributed by atoms with Crippen molar-refractivity contribution >= 4 is 27.7 Å². The van der Waals surface area contributed by atoms with E-state index in [9.17, 15) is 13.2 Å². The second-order valence-electron chi connectivity index (χ2n) is 5.39. The van der Waals surface area contributed by atoms with E-state index in [1.54, 1.807) is 29.6 Å². The van der Waals surface area contributed by atoms with Gasteiger partial charge in [-0.3, -0.25) is 9.97 Å². The minimum Gasteiger partial charge on any atom is -0.325 e. The van der Waals surface area contributed by atoms with Gasteiger partial charge in [0.2, 0.25) is 0 Å². The van der Waals surface area contributed by atoms with E-state index in [1.807, 2.05) is 13.0 Å². The first-order chi connectivity index (χ1) is 12.3. The molecule has 0 aliphatic rings. The van der Waals surface area contributed by atoms with Gasteiger partial charge in [-0.1, -0.05) is 6.92 Å². The topological polar surface area (TPSA) is 43.6 Å². The number of aromatic nitrogens is 4. The van der Waals surface area contributed by atoms with E-state index >= 15 is 0 Å². The average Bonchev–Trinajstić information content (AvgIpc) is 2.96. The van der Waals surface area contributed by atoms with Crippen LogP contribution in [-0.2, 0) is 13.2 Å². The first kappa shape index (κ1) is 18.9. The van der Waals surface area contributed by atoms with Crippen LogP contribution in [0.15, 0.2) is 46.2 Å². The van der Waals surface area contributed by atoms with E-state index < -0.39 is 11.7 Å². The molecule has 0 amide bonds. The van der Waals surface area contributed by atoms with Crippen molar-refractivity contribution in [3.8, 4) is 22.9 Å². The van der Waals surface area contributed by atoms with Crippen LogP contribution in [0.4, 0.5) is 13.2 Å². The average molecular weight is 443 g/mol. The van der Waals surface area contributed by atoms with Crippen LogP contribution in [0.25, 0.3) is 22.9 Å². The third kappa shape index (κ3) is 3.78. The maximum absolute atomic E-state index is 13.0. The number of hydrogen-bond acceptors (Lipinski definition) is 4. The molecule has 26 heavy (non-hydrogen) atoms. The molecular weight excluding hydrogens is 429 g/mol. The summed E-state index contributed by atoms with van der Waals surface area (Å²) >= 11 is 5.03. The van der Waals surface area contributed by atoms with Gasteiger partial charge in [-0.25, -0.2) is 4.98 Å². The molecule has 0 N–H and O–H groups in total. The maximum Gasteiger partial charge on any atom is 0.416 e. The Morgan fingerprint density at radius 1 is 1.15 bits per heavy atom. The summed E-state index contributed by atoms with van der Waals surface area (Å²) in [5, 5.41) is 0. The number of nitrogens with zero attached hydrogens (tertiary/aromatic N) is 4. The van der Waals surface area contributed by atoms with Crippen LogP contribution in [0.5, 0.6) is 0 Å². The molecule has 0 fully saturated rings. The molecule has 9 heteroatoms. The Labute approximate surface area is 161 Å². The Balaban J connectivity index is 2.07. The van der Waals surface area contributed by atoms with Crippen molar-refractivity contribution < 1.29 is 13.2 Å². The van der Waals surface area contributed by atoms with E-state index in [2.05, 4.69) is 30.9 Å². The summed E-state index contributed by atoms with van der Waals surface area (Å²) in [5.74, 6) is 1.43. The van der Waals surface area contributed by atoms with Crippen molar-refractivity contribution in [1.82, 2.24) is 19.5 Å². The van der Waals surface area contributed by atoms with Gasteiger partial charge in [-0.05, 0) is 39.9 Å². The molecule has 0 unspecified atom stereocenters. The fraction of sp³-hybridized carbons (Fsp3) is 0.235. The lowest BCUT2D eigenvalue weighted by Gasteiger charge is -2.11. The highest BCUT2D eigenvalue weighted by molar-refractivity contribution is 9.10. The standard InChI is InChI=1S/C17H14BrF3N4S/c1-3-26-14-7-11(18)8-23-15(14)16-24-9-13(25(16)2)12-6-10(4-5-22-12)17(19,20)21/h4-9H,3H2,1-2H3. The fourth-order valence-electron chi connectivity index (χ4n) is 2.47. The van der Waals surface area contributed by atoms with Gasteiger partial charge in [0.15, 0.2) is 5.82 Å². The van der Waals surface area contributed by atoms with Crippen LogP contribution in [0.1, 0.15) is 12.5 Å². The van der Waals surface area contributed by atoms with Crippen molar-refractivity contribution in [2.45, 2.75) is 18.0 Å². The summed E-state index contributed by atoms with van der Waals surface area (Å²) in [6.45, 7) is 2.03. The molecule has 0 aromatic carbocycles. The van der Waals surface area contributed by atoms with Crippen LogP contribution in [0.2, 0.25) is 0 Å². The Bertz CT molecular complexity index is 940. The predicted molar refractivity (Wildman–Crippen MR) is 98.8 cm³/mol. The normalized spacial score (nSPS) is 11.8. The van der Waals surface area contributed by atoms with Crippen LogP contribution in [0, 0.1) is 0 Å². The highest BCUT2D eigenvalue weighted by Gasteiger charge is 2.31. The Morgan fingerprint density at radius 2 is 1.92 bits per heavy atom. The second kappa shape index (κ2) is 7.40. The minimum absolute atomic E-state index is 0.211. The molecule has 0 aliphatic heterocycles. The molecule has 3 aromatic heterocycles. The van der Waals surface area contributed by atoms with Gasteiger partial charge >= 0.3 is 6.18 Å². The number of alkyl halides is 3. The second-order valence-corrected chi connectivity index (χ2v) is 7.61. The zero-order valence-electron chi connectivity index (χ0n) is 13.9. The van der Waals surface area contributed by atoms with Gasteiger partial charge in [-0.2, -0.15) is 13.2 Å². The van der Waals surface area contributed by atoms with E-state index in [4.69, 9.17) is 0 Å². The molecule has 0 radical (unpaired) electrons.